The zero-order chi connectivity index (χ0) is 26.7. The van der Waals surface area contributed by atoms with Gasteiger partial charge in [-0.2, -0.15) is 15.0 Å². The van der Waals surface area contributed by atoms with Gasteiger partial charge in [-0.15, -0.1) is 0 Å². The van der Waals surface area contributed by atoms with Crippen LogP contribution in [0.15, 0.2) is 133 Å². The topological polar surface area (TPSA) is 91.8 Å². The van der Waals surface area contributed by atoms with Gasteiger partial charge in [-0.05, 0) is 60.2 Å². The van der Waals surface area contributed by atoms with Crippen molar-refractivity contribution in [2.45, 2.75) is 0 Å². The molecule has 190 valence electrons. The van der Waals surface area contributed by atoms with Crippen molar-refractivity contribution in [3.63, 3.8) is 0 Å². The first-order chi connectivity index (χ1) is 19.2. The quantitative estimate of drug-likeness (QED) is 0.101. The molecule has 0 spiro atoms. The maximum atomic E-state index is 12.6. The number of nitrogens with one attached hydrogen (secondary N) is 3. The van der Waals surface area contributed by atoms with Gasteiger partial charge in [0, 0.05) is 22.6 Å². The number of ketones is 1. The van der Waals surface area contributed by atoms with Gasteiger partial charge in [0.1, 0.15) is 0 Å². The highest BCUT2D eigenvalue weighted by atomic mass is 16.1. The molecule has 0 bridgehead atoms. The zero-order valence-electron chi connectivity index (χ0n) is 21.0. The Morgan fingerprint density at radius 3 is 1.44 bits per heavy atom. The fourth-order valence-electron chi connectivity index (χ4n) is 3.66. The van der Waals surface area contributed by atoms with Crippen molar-refractivity contribution >= 4 is 46.8 Å². The second-order valence-electron chi connectivity index (χ2n) is 8.48. The van der Waals surface area contributed by atoms with E-state index in [1.54, 1.807) is 24.3 Å². The maximum Gasteiger partial charge on any atom is 0.233 e. The van der Waals surface area contributed by atoms with E-state index >= 15 is 0 Å². The summed E-state index contributed by atoms with van der Waals surface area (Å²) < 4.78 is 0. The number of hydrogen-bond donors (Lipinski definition) is 3. The van der Waals surface area contributed by atoms with Gasteiger partial charge in [-0.25, -0.2) is 0 Å². The number of allylic oxidation sites excluding steroid dienone is 3. The Morgan fingerprint density at radius 1 is 0.513 bits per heavy atom. The summed E-state index contributed by atoms with van der Waals surface area (Å²) >= 11 is 0. The third-order valence-corrected chi connectivity index (χ3v) is 5.57. The van der Waals surface area contributed by atoms with Crippen LogP contribution in [-0.2, 0) is 0 Å². The first kappa shape index (κ1) is 25.1. The molecule has 4 aromatic carbocycles. The Kier molecular flexibility index (Phi) is 8.11. The largest absolute Gasteiger partial charge is 0.324 e. The van der Waals surface area contributed by atoms with Crippen LogP contribution >= 0.6 is 0 Å². The van der Waals surface area contributed by atoms with E-state index in [4.69, 9.17) is 0 Å². The van der Waals surface area contributed by atoms with Gasteiger partial charge in [0.2, 0.25) is 17.8 Å². The minimum absolute atomic E-state index is 0.0804. The van der Waals surface area contributed by atoms with Gasteiger partial charge in [0.15, 0.2) is 5.78 Å². The summed E-state index contributed by atoms with van der Waals surface area (Å²) in [6, 6.07) is 36.5. The zero-order valence-corrected chi connectivity index (χ0v) is 21.0. The molecule has 0 atom stereocenters. The molecule has 5 aromatic rings. The molecule has 0 saturated heterocycles. The second kappa shape index (κ2) is 12.6. The summed E-state index contributed by atoms with van der Waals surface area (Å²) in [5, 5.41) is 9.64. The van der Waals surface area contributed by atoms with Crippen LogP contribution in [0.4, 0.5) is 34.9 Å². The molecule has 7 heteroatoms. The third kappa shape index (κ3) is 7.47. The molecule has 0 unspecified atom stereocenters. The summed E-state index contributed by atoms with van der Waals surface area (Å²) in [5.74, 6) is 1.05. The molecule has 3 N–H and O–H groups in total. The normalized spacial score (nSPS) is 11.0. The highest BCUT2D eigenvalue weighted by Gasteiger charge is 2.09. The van der Waals surface area contributed by atoms with Crippen molar-refractivity contribution in [2.24, 2.45) is 0 Å². The van der Waals surface area contributed by atoms with Crippen LogP contribution in [0.25, 0.3) is 6.08 Å². The molecule has 0 fully saturated rings. The van der Waals surface area contributed by atoms with Crippen molar-refractivity contribution in [3.8, 4) is 0 Å². The summed E-state index contributed by atoms with van der Waals surface area (Å²) in [6.45, 7) is 0. The molecule has 5 rings (SSSR count). The Balaban J connectivity index is 1.29. The summed E-state index contributed by atoms with van der Waals surface area (Å²) in [7, 11) is 0. The van der Waals surface area contributed by atoms with Gasteiger partial charge in [-0.1, -0.05) is 85.0 Å². The molecule has 1 heterocycles. The van der Waals surface area contributed by atoms with Crippen LogP contribution in [0.3, 0.4) is 0 Å². The molecule has 39 heavy (non-hydrogen) atoms. The predicted octanol–water partition coefficient (Wildman–Crippen LogP) is 7.55. The molecule has 0 aliphatic heterocycles. The molecule has 0 aliphatic rings. The molecule has 0 aliphatic carbocycles. The standard InChI is InChI=1S/C32H26N6O/c39-29(19-11-10-14-24-12-4-1-5-13-24)25-20-22-28(23-21-25)35-32-37-30(33-26-15-6-2-7-16-26)36-31(38-32)34-27-17-8-3-9-18-27/h1-23H,(H3,33,34,35,36,37,38)/b14-10+,19-11+. The van der Waals surface area contributed by atoms with Crippen LogP contribution in [0, 0.1) is 0 Å². The van der Waals surface area contributed by atoms with Crippen LogP contribution in [0.2, 0.25) is 0 Å². The number of aromatic nitrogens is 3. The fourth-order valence-corrected chi connectivity index (χ4v) is 3.66. The first-order valence-electron chi connectivity index (χ1n) is 12.4. The Morgan fingerprint density at radius 2 is 0.949 bits per heavy atom. The lowest BCUT2D eigenvalue weighted by Crippen LogP contribution is -2.07. The third-order valence-electron chi connectivity index (χ3n) is 5.57. The number of hydrogen-bond acceptors (Lipinski definition) is 7. The van der Waals surface area contributed by atoms with Gasteiger partial charge in [0.25, 0.3) is 0 Å². The summed E-state index contributed by atoms with van der Waals surface area (Å²) in [4.78, 5) is 26.1. The summed E-state index contributed by atoms with van der Waals surface area (Å²) in [6.07, 6.45) is 7.10. The molecule has 7 nitrogen and oxygen atoms in total. The fraction of sp³-hybridized carbons (Fsp3) is 0. The van der Waals surface area contributed by atoms with Crippen LogP contribution in [-0.4, -0.2) is 20.7 Å². The second-order valence-corrected chi connectivity index (χ2v) is 8.48. The lowest BCUT2D eigenvalue weighted by atomic mass is 10.1. The Labute approximate surface area is 227 Å². The lowest BCUT2D eigenvalue weighted by Gasteiger charge is -2.11. The predicted molar refractivity (Wildman–Crippen MR) is 158 cm³/mol. The van der Waals surface area contributed by atoms with E-state index in [0.29, 0.717) is 23.4 Å². The van der Waals surface area contributed by atoms with E-state index in [9.17, 15) is 4.79 Å². The molecule has 0 radical (unpaired) electrons. The number of para-hydroxylation sites is 2. The number of benzene rings is 4. The number of carbonyl (C=O) groups excluding carboxylic acids is 1. The molecular formula is C32H26N6O. The van der Waals surface area contributed by atoms with E-state index in [1.165, 1.54) is 0 Å². The van der Waals surface area contributed by atoms with E-state index in [0.717, 1.165) is 22.6 Å². The van der Waals surface area contributed by atoms with Crippen molar-refractivity contribution in [1.82, 2.24) is 15.0 Å². The monoisotopic (exact) mass is 510 g/mol. The lowest BCUT2D eigenvalue weighted by molar-refractivity contribution is 0.104. The van der Waals surface area contributed by atoms with Crippen molar-refractivity contribution < 1.29 is 4.79 Å². The Hall–Kier alpha value is -5.56. The van der Waals surface area contributed by atoms with Crippen LogP contribution in [0.5, 0.6) is 0 Å². The van der Waals surface area contributed by atoms with E-state index in [2.05, 4.69) is 30.9 Å². The number of rotatable bonds is 10. The van der Waals surface area contributed by atoms with Gasteiger partial charge < -0.3 is 16.0 Å². The number of nitrogens with zero attached hydrogens (tertiary/aromatic N) is 3. The van der Waals surface area contributed by atoms with Crippen molar-refractivity contribution in [1.29, 1.82) is 0 Å². The maximum absolute atomic E-state index is 12.6. The molecule has 0 saturated carbocycles. The van der Waals surface area contributed by atoms with E-state index in [1.807, 2.05) is 115 Å². The molecule has 0 amide bonds. The average Bonchev–Trinajstić information content (AvgIpc) is 2.97. The van der Waals surface area contributed by atoms with Gasteiger partial charge in [-0.3, -0.25) is 4.79 Å². The smallest absolute Gasteiger partial charge is 0.233 e. The summed E-state index contributed by atoms with van der Waals surface area (Å²) in [5.41, 5.74) is 4.11. The average molecular weight is 511 g/mol. The van der Waals surface area contributed by atoms with Gasteiger partial charge >= 0.3 is 0 Å². The van der Waals surface area contributed by atoms with Crippen molar-refractivity contribution in [2.75, 3.05) is 16.0 Å². The number of carbonyl (C=O) groups is 1. The Bertz CT molecular complexity index is 1510. The van der Waals surface area contributed by atoms with Crippen LogP contribution < -0.4 is 16.0 Å². The molecule has 1 aromatic heterocycles. The van der Waals surface area contributed by atoms with Gasteiger partial charge in [0.05, 0.1) is 0 Å². The van der Waals surface area contributed by atoms with Crippen molar-refractivity contribution in [3.05, 3.63) is 145 Å². The highest BCUT2D eigenvalue weighted by Crippen LogP contribution is 2.21. The SMILES string of the molecule is O=C(/C=C/C=C/c1ccccc1)c1ccc(Nc2nc(Nc3ccccc3)nc(Nc3ccccc3)n2)cc1. The highest BCUT2D eigenvalue weighted by molar-refractivity contribution is 6.04. The van der Waals surface area contributed by atoms with E-state index in [-0.39, 0.29) is 5.78 Å². The first-order valence-corrected chi connectivity index (χ1v) is 12.4. The van der Waals surface area contributed by atoms with Crippen LogP contribution in [0.1, 0.15) is 15.9 Å². The number of anilines is 6. The minimum Gasteiger partial charge on any atom is -0.324 e. The minimum atomic E-state index is -0.0804. The molecular weight excluding hydrogens is 484 g/mol. The van der Waals surface area contributed by atoms with E-state index < -0.39 is 0 Å².